The molecule has 1 saturated heterocycles. The molecule has 6 nitrogen and oxygen atoms in total. The summed E-state index contributed by atoms with van der Waals surface area (Å²) < 4.78 is 27.1. The summed E-state index contributed by atoms with van der Waals surface area (Å²) in [7, 11) is -1.95. The standard InChI is InChI=1S/C10H20N2O4S/c1-10(2,7-16-3)12-5-8(4-9(12)13)6-17(11,14)15/h8H,4-7H2,1-3H3,(H2,11,14,15). The second-order valence-electron chi connectivity index (χ2n) is 5.15. The zero-order chi connectivity index (χ0) is 13.3. The molecular formula is C10H20N2O4S. The molecule has 1 aliphatic heterocycles. The van der Waals surface area contributed by atoms with Crippen molar-refractivity contribution in [1.29, 1.82) is 0 Å². The van der Waals surface area contributed by atoms with Gasteiger partial charge in [-0.2, -0.15) is 0 Å². The Morgan fingerprint density at radius 3 is 2.59 bits per heavy atom. The Morgan fingerprint density at radius 1 is 1.53 bits per heavy atom. The first-order valence-electron chi connectivity index (χ1n) is 5.45. The maximum absolute atomic E-state index is 11.8. The van der Waals surface area contributed by atoms with Gasteiger partial charge in [-0.25, -0.2) is 13.6 Å². The molecule has 1 rings (SSSR count). The third-order valence-electron chi connectivity index (χ3n) is 2.90. The van der Waals surface area contributed by atoms with Crippen molar-refractivity contribution >= 4 is 15.9 Å². The number of ether oxygens (including phenoxy) is 1. The van der Waals surface area contributed by atoms with Gasteiger partial charge in [-0.05, 0) is 13.8 Å². The lowest BCUT2D eigenvalue weighted by Gasteiger charge is -2.35. The first kappa shape index (κ1) is 14.4. The number of carbonyl (C=O) groups excluding carboxylic acids is 1. The molecule has 1 fully saturated rings. The van der Waals surface area contributed by atoms with E-state index in [9.17, 15) is 13.2 Å². The number of nitrogens with two attached hydrogens (primary N) is 1. The summed E-state index contributed by atoms with van der Waals surface area (Å²) in [6.07, 6.45) is 0.240. The fourth-order valence-corrected chi connectivity index (χ4v) is 3.12. The highest BCUT2D eigenvalue weighted by Gasteiger charge is 2.39. The quantitative estimate of drug-likeness (QED) is 0.728. The van der Waals surface area contributed by atoms with Gasteiger partial charge < -0.3 is 9.64 Å². The second kappa shape index (κ2) is 4.91. The van der Waals surface area contributed by atoms with Crippen LogP contribution in [0.5, 0.6) is 0 Å². The van der Waals surface area contributed by atoms with Crippen molar-refractivity contribution in [2.75, 3.05) is 26.0 Å². The molecule has 1 heterocycles. The van der Waals surface area contributed by atoms with Gasteiger partial charge in [-0.15, -0.1) is 0 Å². The van der Waals surface area contributed by atoms with Gasteiger partial charge in [0.15, 0.2) is 0 Å². The fraction of sp³-hybridized carbons (Fsp3) is 0.900. The molecule has 0 aliphatic carbocycles. The van der Waals surface area contributed by atoms with E-state index in [0.29, 0.717) is 13.2 Å². The van der Waals surface area contributed by atoms with E-state index in [2.05, 4.69) is 0 Å². The summed E-state index contributed by atoms with van der Waals surface area (Å²) in [5, 5.41) is 4.99. The molecule has 0 spiro atoms. The molecule has 1 amide bonds. The molecule has 17 heavy (non-hydrogen) atoms. The highest BCUT2D eigenvalue weighted by molar-refractivity contribution is 7.89. The minimum Gasteiger partial charge on any atom is -0.382 e. The van der Waals surface area contributed by atoms with Crippen molar-refractivity contribution in [3.8, 4) is 0 Å². The zero-order valence-electron chi connectivity index (χ0n) is 10.5. The molecule has 0 aromatic carbocycles. The van der Waals surface area contributed by atoms with Crippen LogP contribution in [-0.2, 0) is 19.6 Å². The van der Waals surface area contributed by atoms with Crippen LogP contribution < -0.4 is 5.14 Å². The van der Waals surface area contributed by atoms with Crippen LogP contribution in [0.3, 0.4) is 0 Å². The van der Waals surface area contributed by atoms with Gasteiger partial charge >= 0.3 is 0 Å². The molecule has 7 heteroatoms. The molecular weight excluding hydrogens is 244 g/mol. The van der Waals surface area contributed by atoms with Crippen LogP contribution in [0, 0.1) is 5.92 Å². The first-order valence-corrected chi connectivity index (χ1v) is 7.17. The number of hydrogen-bond acceptors (Lipinski definition) is 4. The van der Waals surface area contributed by atoms with Crippen LogP contribution in [0.15, 0.2) is 0 Å². The molecule has 1 aliphatic rings. The highest BCUT2D eigenvalue weighted by atomic mass is 32.2. The summed E-state index contributed by atoms with van der Waals surface area (Å²) >= 11 is 0. The average Bonchev–Trinajstić information content (AvgIpc) is 2.43. The summed E-state index contributed by atoms with van der Waals surface area (Å²) in [6, 6.07) is 0. The summed E-state index contributed by atoms with van der Waals surface area (Å²) in [5.74, 6) is -0.396. The maximum Gasteiger partial charge on any atom is 0.223 e. The van der Waals surface area contributed by atoms with Crippen molar-refractivity contribution in [1.82, 2.24) is 4.90 Å². The maximum atomic E-state index is 11.8. The molecule has 0 bridgehead atoms. The van der Waals surface area contributed by atoms with Gasteiger partial charge in [0, 0.05) is 26.0 Å². The number of primary sulfonamides is 1. The van der Waals surface area contributed by atoms with Crippen molar-refractivity contribution in [3.63, 3.8) is 0 Å². The smallest absolute Gasteiger partial charge is 0.223 e. The van der Waals surface area contributed by atoms with E-state index >= 15 is 0 Å². The van der Waals surface area contributed by atoms with Crippen LogP contribution in [0.4, 0.5) is 0 Å². The molecule has 0 radical (unpaired) electrons. The Balaban J connectivity index is 2.70. The third-order valence-corrected chi connectivity index (χ3v) is 3.84. The highest BCUT2D eigenvalue weighted by Crippen LogP contribution is 2.26. The minimum absolute atomic E-state index is 0.0410. The van der Waals surface area contributed by atoms with E-state index in [1.54, 1.807) is 12.0 Å². The number of nitrogens with zero attached hydrogens (tertiary/aromatic N) is 1. The van der Waals surface area contributed by atoms with Crippen LogP contribution in [0.2, 0.25) is 0 Å². The minimum atomic E-state index is -3.52. The second-order valence-corrected chi connectivity index (χ2v) is 6.81. The first-order chi connectivity index (χ1) is 7.65. The van der Waals surface area contributed by atoms with Crippen molar-refractivity contribution in [2.45, 2.75) is 25.8 Å². The Bertz CT molecular complexity index is 391. The zero-order valence-corrected chi connectivity index (χ0v) is 11.3. The van der Waals surface area contributed by atoms with E-state index in [0.717, 1.165) is 0 Å². The lowest BCUT2D eigenvalue weighted by atomic mass is 10.1. The van der Waals surface area contributed by atoms with Crippen LogP contribution in [-0.4, -0.2) is 50.8 Å². The summed E-state index contributed by atoms with van der Waals surface area (Å²) in [6.45, 7) is 4.63. The number of hydrogen-bond donors (Lipinski definition) is 1. The number of carbonyl (C=O) groups is 1. The van der Waals surface area contributed by atoms with Gasteiger partial charge in [0.2, 0.25) is 15.9 Å². The van der Waals surface area contributed by atoms with E-state index in [-0.39, 0.29) is 24.0 Å². The van der Waals surface area contributed by atoms with Gasteiger partial charge in [-0.1, -0.05) is 0 Å². The van der Waals surface area contributed by atoms with Gasteiger partial charge in [0.05, 0.1) is 17.9 Å². The Kier molecular flexibility index (Phi) is 4.16. The van der Waals surface area contributed by atoms with Gasteiger partial charge in [0.25, 0.3) is 0 Å². The number of likely N-dealkylation sites (tertiary alicyclic amines) is 1. The Hall–Kier alpha value is -0.660. The van der Waals surface area contributed by atoms with Gasteiger partial charge in [-0.3, -0.25) is 4.79 Å². The number of amides is 1. The molecule has 1 unspecified atom stereocenters. The lowest BCUT2D eigenvalue weighted by Crippen LogP contribution is -2.48. The number of methoxy groups -OCH3 is 1. The predicted molar refractivity (Wildman–Crippen MR) is 63.7 cm³/mol. The SMILES string of the molecule is COCC(C)(C)N1CC(CS(N)(=O)=O)CC1=O. The molecule has 100 valence electrons. The monoisotopic (exact) mass is 264 g/mol. The lowest BCUT2D eigenvalue weighted by molar-refractivity contribution is -0.133. The Morgan fingerprint density at radius 2 is 2.12 bits per heavy atom. The molecule has 0 aromatic rings. The van der Waals surface area contributed by atoms with Crippen LogP contribution >= 0.6 is 0 Å². The van der Waals surface area contributed by atoms with E-state index in [4.69, 9.17) is 9.88 Å². The van der Waals surface area contributed by atoms with Crippen molar-refractivity contribution in [2.24, 2.45) is 11.1 Å². The largest absolute Gasteiger partial charge is 0.382 e. The van der Waals surface area contributed by atoms with E-state index in [1.165, 1.54) is 0 Å². The van der Waals surface area contributed by atoms with Crippen molar-refractivity contribution in [3.05, 3.63) is 0 Å². The summed E-state index contributed by atoms with van der Waals surface area (Å²) in [4.78, 5) is 13.5. The average molecular weight is 264 g/mol. The normalized spacial score (nSPS) is 22.2. The molecule has 0 aromatic heterocycles. The summed E-state index contributed by atoms with van der Waals surface area (Å²) in [5.41, 5.74) is -0.418. The molecule has 1 atom stereocenters. The predicted octanol–water partition coefficient (Wildman–Crippen LogP) is -0.452. The van der Waals surface area contributed by atoms with E-state index < -0.39 is 15.6 Å². The van der Waals surface area contributed by atoms with Gasteiger partial charge in [0.1, 0.15) is 0 Å². The van der Waals surface area contributed by atoms with E-state index in [1.807, 2.05) is 13.8 Å². The van der Waals surface area contributed by atoms with Crippen LogP contribution in [0.25, 0.3) is 0 Å². The number of sulfonamides is 1. The van der Waals surface area contributed by atoms with Crippen LogP contribution in [0.1, 0.15) is 20.3 Å². The third kappa shape index (κ3) is 3.93. The molecule has 2 N–H and O–H groups in total. The molecule has 0 saturated carbocycles. The topological polar surface area (TPSA) is 89.7 Å². The number of rotatable bonds is 5. The van der Waals surface area contributed by atoms with Crippen molar-refractivity contribution < 1.29 is 17.9 Å². The fourth-order valence-electron chi connectivity index (χ4n) is 2.24. The Labute approximate surface area is 102 Å².